The van der Waals surface area contributed by atoms with Crippen LogP contribution in [0.1, 0.15) is 46.5 Å². The predicted molar refractivity (Wildman–Crippen MR) is 99.7 cm³/mol. The maximum Gasteiger partial charge on any atom is 0.410 e. The Labute approximate surface area is 151 Å². The Morgan fingerprint density at radius 2 is 2.17 bits per heavy atom. The number of rotatable bonds is 5. The van der Waals surface area contributed by atoms with E-state index in [-0.39, 0.29) is 11.5 Å². The minimum atomic E-state index is -0.448. The molecule has 2 saturated heterocycles. The van der Waals surface area contributed by atoms with E-state index in [2.05, 4.69) is 5.32 Å². The van der Waals surface area contributed by atoms with Gasteiger partial charge in [0, 0.05) is 44.0 Å². The Morgan fingerprint density at radius 3 is 2.79 bits per heavy atom. The zero-order chi connectivity index (χ0) is 17.6. The molecule has 1 amide bonds. The SMILES string of the molecule is COCC1(CNC2CCCSC2)CCCN(C(=O)OC(C)(C)C)C1. The predicted octanol–water partition coefficient (Wildman–Crippen LogP) is 3.14. The van der Waals surface area contributed by atoms with Crippen LogP contribution in [0.5, 0.6) is 0 Å². The number of carbonyl (C=O) groups excluding carboxylic acids is 1. The number of nitrogens with zero attached hydrogens (tertiary/aromatic N) is 1. The van der Waals surface area contributed by atoms with Gasteiger partial charge in [-0.3, -0.25) is 0 Å². The Kier molecular flexibility index (Phi) is 7.25. The van der Waals surface area contributed by atoms with Crippen molar-refractivity contribution in [2.45, 2.75) is 58.1 Å². The van der Waals surface area contributed by atoms with E-state index in [1.54, 1.807) is 7.11 Å². The van der Waals surface area contributed by atoms with Gasteiger partial charge in [0.2, 0.25) is 0 Å². The van der Waals surface area contributed by atoms with E-state index in [4.69, 9.17) is 9.47 Å². The lowest BCUT2D eigenvalue weighted by molar-refractivity contribution is -0.0161. The monoisotopic (exact) mass is 358 g/mol. The van der Waals surface area contributed by atoms with E-state index < -0.39 is 5.60 Å². The van der Waals surface area contributed by atoms with Crippen molar-refractivity contribution in [2.75, 3.05) is 44.9 Å². The van der Waals surface area contributed by atoms with Crippen LogP contribution < -0.4 is 5.32 Å². The molecule has 140 valence electrons. The Bertz CT molecular complexity index is 404. The molecule has 0 radical (unpaired) electrons. The van der Waals surface area contributed by atoms with Crippen molar-refractivity contribution in [3.8, 4) is 0 Å². The summed E-state index contributed by atoms with van der Waals surface area (Å²) in [4.78, 5) is 14.3. The second kappa shape index (κ2) is 8.77. The molecule has 2 heterocycles. The molecule has 0 aliphatic carbocycles. The van der Waals surface area contributed by atoms with Crippen molar-refractivity contribution in [3.05, 3.63) is 0 Å². The number of carbonyl (C=O) groups is 1. The molecule has 2 fully saturated rings. The third-order valence-corrected chi connectivity index (χ3v) is 5.91. The third kappa shape index (κ3) is 6.12. The van der Waals surface area contributed by atoms with Crippen LogP contribution in [0.4, 0.5) is 4.79 Å². The molecule has 0 aromatic rings. The first-order valence-electron chi connectivity index (χ1n) is 9.12. The van der Waals surface area contributed by atoms with Gasteiger partial charge in [0.25, 0.3) is 0 Å². The quantitative estimate of drug-likeness (QED) is 0.818. The standard InChI is InChI=1S/C18H34N2O3S/c1-17(2,3)23-16(21)20-9-6-8-18(13-20,14-22-4)12-19-15-7-5-10-24-11-15/h15,19H,5-14H2,1-4H3. The molecular weight excluding hydrogens is 324 g/mol. The fourth-order valence-electron chi connectivity index (χ4n) is 3.57. The van der Waals surface area contributed by atoms with Crippen LogP contribution in [0.25, 0.3) is 0 Å². The first-order chi connectivity index (χ1) is 11.3. The fourth-order valence-corrected chi connectivity index (χ4v) is 4.68. The summed E-state index contributed by atoms with van der Waals surface area (Å²) in [5.74, 6) is 2.48. The molecule has 5 nitrogen and oxygen atoms in total. The van der Waals surface area contributed by atoms with Gasteiger partial charge in [-0.2, -0.15) is 11.8 Å². The van der Waals surface area contributed by atoms with E-state index in [9.17, 15) is 4.79 Å². The average Bonchev–Trinajstić information content (AvgIpc) is 2.53. The lowest BCUT2D eigenvalue weighted by atomic mass is 9.80. The molecule has 2 aliphatic rings. The van der Waals surface area contributed by atoms with Crippen molar-refractivity contribution in [3.63, 3.8) is 0 Å². The number of amides is 1. The van der Waals surface area contributed by atoms with E-state index in [0.717, 1.165) is 25.9 Å². The molecule has 2 atom stereocenters. The molecule has 0 bridgehead atoms. The zero-order valence-electron chi connectivity index (χ0n) is 15.7. The molecule has 0 aromatic carbocycles. The molecule has 24 heavy (non-hydrogen) atoms. The van der Waals surface area contributed by atoms with Crippen LogP contribution >= 0.6 is 11.8 Å². The minimum Gasteiger partial charge on any atom is -0.444 e. The maximum atomic E-state index is 12.5. The maximum absolute atomic E-state index is 12.5. The molecule has 0 saturated carbocycles. The molecule has 0 aromatic heterocycles. The number of hydrogen-bond acceptors (Lipinski definition) is 5. The van der Waals surface area contributed by atoms with Crippen LogP contribution in [0, 0.1) is 5.41 Å². The van der Waals surface area contributed by atoms with Crippen molar-refractivity contribution in [2.24, 2.45) is 5.41 Å². The first kappa shape index (κ1) is 19.9. The van der Waals surface area contributed by atoms with Crippen molar-refractivity contribution in [1.82, 2.24) is 10.2 Å². The summed E-state index contributed by atoms with van der Waals surface area (Å²) in [5, 5.41) is 3.75. The van der Waals surface area contributed by atoms with Crippen molar-refractivity contribution in [1.29, 1.82) is 0 Å². The molecule has 2 unspecified atom stereocenters. The molecule has 2 rings (SSSR count). The molecule has 0 spiro atoms. The van der Waals surface area contributed by atoms with Gasteiger partial charge in [-0.15, -0.1) is 0 Å². The summed E-state index contributed by atoms with van der Waals surface area (Å²) in [6.07, 6.45) is 4.45. The number of nitrogens with one attached hydrogen (secondary N) is 1. The van der Waals surface area contributed by atoms with Gasteiger partial charge in [0.15, 0.2) is 0 Å². The van der Waals surface area contributed by atoms with E-state index in [0.29, 0.717) is 19.2 Å². The van der Waals surface area contributed by atoms with Crippen LogP contribution in [0.15, 0.2) is 0 Å². The van der Waals surface area contributed by atoms with Gasteiger partial charge in [-0.25, -0.2) is 4.79 Å². The molecule has 2 aliphatic heterocycles. The number of thioether (sulfide) groups is 1. The summed E-state index contributed by atoms with van der Waals surface area (Å²) >= 11 is 2.04. The minimum absolute atomic E-state index is 0.00792. The summed E-state index contributed by atoms with van der Waals surface area (Å²) in [5.41, 5.74) is -0.456. The summed E-state index contributed by atoms with van der Waals surface area (Å²) in [7, 11) is 1.75. The van der Waals surface area contributed by atoms with Crippen LogP contribution in [-0.2, 0) is 9.47 Å². The molecule has 1 N–H and O–H groups in total. The van der Waals surface area contributed by atoms with E-state index in [1.165, 1.54) is 24.3 Å². The Hall–Kier alpha value is -0.460. The average molecular weight is 359 g/mol. The lowest BCUT2D eigenvalue weighted by Crippen LogP contribution is -2.54. The van der Waals surface area contributed by atoms with Gasteiger partial charge in [0.05, 0.1) is 6.61 Å². The summed E-state index contributed by atoms with van der Waals surface area (Å²) < 4.78 is 11.1. The highest BCUT2D eigenvalue weighted by molar-refractivity contribution is 7.99. The van der Waals surface area contributed by atoms with Crippen LogP contribution in [-0.4, -0.2) is 67.5 Å². The molecule has 6 heteroatoms. The van der Waals surface area contributed by atoms with Crippen molar-refractivity contribution < 1.29 is 14.3 Å². The lowest BCUT2D eigenvalue weighted by Gasteiger charge is -2.43. The van der Waals surface area contributed by atoms with Gasteiger partial charge in [-0.1, -0.05) is 0 Å². The van der Waals surface area contributed by atoms with Gasteiger partial charge in [-0.05, 0) is 52.2 Å². The number of methoxy groups -OCH3 is 1. The topological polar surface area (TPSA) is 50.8 Å². The van der Waals surface area contributed by atoms with E-state index >= 15 is 0 Å². The number of likely N-dealkylation sites (tertiary alicyclic amines) is 1. The second-order valence-corrected chi connectivity index (χ2v) is 9.38. The largest absolute Gasteiger partial charge is 0.444 e. The third-order valence-electron chi connectivity index (χ3n) is 4.69. The zero-order valence-corrected chi connectivity index (χ0v) is 16.5. The number of hydrogen-bond donors (Lipinski definition) is 1. The number of piperidine rings is 1. The summed E-state index contributed by atoms with van der Waals surface area (Å²) in [6, 6.07) is 0.592. The number of ether oxygens (including phenoxy) is 2. The highest BCUT2D eigenvalue weighted by Gasteiger charge is 2.39. The first-order valence-corrected chi connectivity index (χ1v) is 10.3. The molecular formula is C18H34N2O3S. The second-order valence-electron chi connectivity index (χ2n) is 8.23. The van der Waals surface area contributed by atoms with Crippen LogP contribution in [0.2, 0.25) is 0 Å². The van der Waals surface area contributed by atoms with Gasteiger partial charge < -0.3 is 19.7 Å². The van der Waals surface area contributed by atoms with Crippen molar-refractivity contribution >= 4 is 17.9 Å². The fraction of sp³-hybridized carbons (Fsp3) is 0.944. The highest BCUT2D eigenvalue weighted by atomic mass is 32.2. The van der Waals surface area contributed by atoms with Gasteiger partial charge in [0.1, 0.15) is 5.60 Å². The Morgan fingerprint density at radius 1 is 1.38 bits per heavy atom. The van der Waals surface area contributed by atoms with E-state index in [1.807, 2.05) is 37.4 Å². The summed E-state index contributed by atoms with van der Waals surface area (Å²) in [6.45, 7) is 8.82. The smallest absolute Gasteiger partial charge is 0.410 e. The highest BCUT2D eigenvalue weighted by Crippen LogP contribution is 2.31. The normalized spacial score (nSPS) is 28.7. The Balaban J connectivity index is 1.95. The van der Waals surface area contributed by atoms with Crippen LogP contribution in [0.3, 0.4) is 0 Å². The van der Waals surface area contributed by atoms with Gasteiger partial charge >= 0.3 is 6.09 Å².